The fourth-order valence-corrected chi connectivity index (χ4v) is 7.73. The topological polar surface area (TPSA) is 51.6 Å². The maximum atomic E-state index is 5.23. The van der Waals surface area contributed by atoms with Crippen molar-refractivity contribution in [2.45, 2.75) is 6.42 Å². The zero-order valence-electron chi connectivity index (χ0n) is 28.7. The molecule has 4 nitrogen and oxygen atoms in total. The number of nitrogens with zero attached hydrogens (tertiary/aromatic N) is 4. The Hall–Kier alpha value is -7.04. The average molecular weight is 675 g/mol. The van der Waals surface area contributed by atoms with Crippen LogP contribution < -0.4 is 0 Å². The molecule has 0 saturated carbocycles. The Bertz CT molecular complexity index is 3060. The van der Waals surface area contributed by atoms with Crippen molar-refractivity contribution in [3.8, 4) is 56.2 Å². The predicted octanol–water partition coefficient (Wildman–Crippen LogP) is 12.1. The van der Waals surface area contributed by atoms with E-state index >= 15 is 0 Å². The minimum absolute atomic E-state index is 0.699. The normalized spacial score (nSPS) is 12.1. The highest BCUT2D eigenvalue weighted by Gasteiger charge is 2.19. The molecule has 11 rings (SSSR count). The van der Waals surface area contributed by atoms with Gasteiger partial charge in [-0.15, -0.1) is 0 Å². The van der Waals surface area contributed by atoms with Crippen LogP contribution in [-0.2, 0) is 6.42 Å². The maximum absolute atomic E-state index is 5.23. The van der Waals surface area contributed by atoms with Gasteiger partial charge in [-0.25, -0.2) is 19.9 Å². The summed E-state index contributed by atoms with van der Waals surface area (Å²) in [6.07, 6.45) is 1.09. The molecule has 7 aromatic carbocycles. The van der Waals surface area contributed by atoms with Gasteiger partial charge in [-0.1, -0.05) is 146 Å². The van der Waals surface area contributed by atoms with Gasteiger partial charge in [0.25, 0.3) is 0 Å². The molecule has 53 heavy (non-hydrogen) atoms. The molecule has 0 radical (unpaired) electrons. The van der Waals surface area contributed by atoms with Gasteiger partial charge in [0, 0.05) is 43.8 Å². The van der Waals surface area contributed by atoms with Crippen molar-refractivity contribution in [3.05, 3.63) is 181 Å². The molecule has 0 fully saturated rings. The molecule has 0 bridgehead atoms. The first-order valence-corrected chi connectivity index (χ1v) is 18.0. The van der Waals surface area contributed by atoms with Crippen molar-refractivity contribution >= 4 is 43.6 Å². The summed E-state index contributed by atoms with van der Waals surface area (Å²) in [5.74, 6) is 0.699. The largest absolute Gasteiger partial charge is 0.245 e. The number of hydrogen-bond acceptors (Lipinski definition) is 4. The summed E-state index contributed by atoms with van der Waals surface area (Å²) in [4.78, 5) is 20.7. The molecule has 3 aromatic heterocycles. The summed E-state index contributed by atoms with van der Waals surface area (Å²) in [6.45, 7) is 0. The third-order valence-electron chi connectivity index (χ3n) is 10.6. The van der Waals surface area contributed by atoms with Gasteiger partial charge in [0.05, 0.1) is 33.5 Å². The molecule has 0 aliphatic heterocycles. The van der Waals surface area contributed by atoms with Crippen molar-refractivity contribution in [1.82, 2.24) is 19.9 Å². The van der Waals surface area contributed by atoms with E-state index in [1.165, 1.54) is 22.3 Å². The molecular formula is C49H30N4. The fourth-order valence-electron chi connectivity index (χ4n) is 7.73. The van der Waals surface area contributed by atoms with Crippen LogP contribution in [0.5, 0.6) is 0 Å². The van der Waals surface area contributed by atoms with E-state index in [1.807, 2.05) is 12.1 Å². The predicted molar refractivity (Wildman–Crippen MR) is 218 cm³/mol. The molecule has 0 unspecified atom stereocenters. The van der Waals surface area contributed by atoms with Gasteiger partial charge < -0.3 is 0 Å². The third kappa shape index (κ3) is 5.07. The molecule has 4 heteroatoms. The second kappa shape index (κ2) is 11.8. The van der Waals surface area contributed by atoms with Gasteiger partial charge in [0.2, 0.25) is 0 Å². The first-order valence-electron chi connectivity index (χ1n) is 18.0. The molecule has 0 amide bonds. The Morgan fingerprint density at radius 3 is 1.81 bits per heavy atom. The van der Waals surface area contributed by atoms with E-state index in [2.05, 4.69) is 158 Å². The Morgan fingerprint density at radius 1 is 0.358 bits per heavy atom. The summed E-state index contributed by atoms with van der Waals surface area (Å²) in [7, 11) is 0. The van der Waals surface area contributed by atoms with Gasteiger partial charge in [0.15, 0.2) is 5.82 Å². The monoisotopic (exact) mass is 674 g/mol. The van der Waals surface area contributed by atoms with Crippen LogP contribution in [0.4, 0.5) is 0 Å². The van der Waals surface area contributed by atoms with Crippen LogP contribution in [-0.4, -0.2) is 19.9 Å². The van der Waals surface area contributed by atoms with E-state index in [1.54, 1.807) is 0 Å². The Morgan fingerprint density at radius 2 is 1.00 bits per heavy atom. The molecule has 0 N–H and O–H groups in total. The number of benzene rings is 7. The second-order valence-corrected chi connectivity index (χ2v) is 13.8. The quantitative estimate of drug-likeness (QED) is 0.135. The van der Waals surface area contributed by atoms with E-state index in [0.29, 0.717) is 5.82 Å². The number of pyridine rings is 2. The molecule has 3 heterocycles. The number of rotatable bonds is 5. The van der Waals surface area contributed by atoms with Crippen molar-refractivity contribution in [1.29, 1.82) is 0 Å². The lowest BCUT2D eigenvalue weighted by atomic mass is 9.94. The van der Waals surface area contributed by atoms with Gasteiger partial charge in [-0.05, 0) is 58.5 Å². The van der Waals surface area contributed by atoms with E-state index in [-0.39, 0.29) is 0 Å². The lowest BCUT2D eigenvalue weighted by Crippen LogP contribution is -1.96. The molecular weight excluding hydrogens is 645 g/mol. The van der Waals surface area contributed by atoms with Crippen LogP contribution in [0.2, 0.25) is 0 Å². The summed E-state index contributed by atoms with van der Waals surface area (Å²) in [6, 6.07) is 59.8. The van der Waals surface area contributed by atoms with Gasteiger partial charge in [-0.3, -0.25) is 0 Å². The molecule has 246 valence electrons. The highest BCUT2D eigenvalue weighted by atomic mass is 14.9. The number of fused-ring (bicyclic) bond motifs is 6. The van der Waals surface area contributed by atoms with Crippen molar-refractivity contribution in [2.24, 2.45) is 0 Å². The number of hydrogen-bond donors (Lipinski definition) is 0. The summed E-state index contributed by atoms with van der Waals surface area (Å²) in [5.41, 5.74) is 16.3. The molecule has 0 spiro atoms. The molecule has 10 aromatic rings. The Balaban J connectivity index is 1.03. The van der Waals surface area contributed by atoms with E-state index in [4.69, 9.17) is 19.9 Å². The van der Waals surface area contributed by atoms with Gasteiger partial charge >= 0.3 is 0 Å². The average Bonchev–Trinajstić information content (AvgIpc) is 4.02. The van der Waals surface area contributed by atoms with Crippen molar-refractivity contribution in [3.63, 3.8) is 0 Å². The summed E-state index contributed by atoms with van der Waals surface area (Å²) >= 11 is 0. The van der Waals surface area contributed by atoms with Crippen molar-refractivity contribution < 1.29 is 0 Å². The molecule has 1 aliphatic carbocycles. The van der Waals surface area contributed by atoms with Crippen LogP contribution in [0.15, 0.2) is 170 Å². The first-order chi connectivity index (χ1) is 26.2. The zero-order valence-corrected chi connectivity index (χ0v) is 28.7. The molecule has 0 atom stereocenters. The standard InChI is InChI=1S/C49H30N4/c1-2-8-30(9-3-1)31-14-18-33(19-15-31)46-40-11-5-7-13-44(40)52-49(53-46)35-20-16-32(17-21-35)45-39-10-4-6-12-43(39)51-48-41(45)26-24-34-25-27-42(50-47(34)48)37-23-22-36-28-38(36)29-37/h1-27,29H,28H2. The van der Waals surface area contributed by atoms with E-state index in [9.17, 15) is 0 Å². The highest BCUT2D eigenvalue weighted by molar-refractivity contribution is 6.16. The summed E-state index contributed by atoms with van der Waals surface area (Å²) < 4.78 is 0. The third-order valence-corrected chi connectivity index (χ3v) is 10.6. The lowest BCUT2D eigenvalue weighted by molar-refractivity contribution is 1.23. The smallest absolute Gasteiger partial charge is 0.160 e. The molecule has 0 saturated heterocycles. The first kappa shape index (κ1) is 29.7. The van der Waals surface area contributed by atoms with Crippen LogP contribution in [0.3, 0.4) is 0 Å². The summed E-state index contributed by atoms with van der Waals surface area (Å²) in [5, 5.41) is 4.30. The zero-order chi connectivity index (χ0) is 34.9. The molecule has 1 aliphatic rings. The van der Waals surface area contributed by atoms with Crippen LogP contribution in [0.1, 0.15) is 11.1 Å². The van der Waals surface area contributed by atoms with Gasteiger partial charge in [-0.2, -0.15) is 0 Å². The van der Waals surface area contributed by atoms with E-state index in [0.717, 1.165) is 89.2 Å². The number of aromatic nitrogens is 4. The second-order valence-electron chi connectivity index (χ2n) is 13.8. The maximum Gasteiger partial charge on any atom is 0.160 e. The Kier molecular flexibility index (Phi) is 6.58. The van der Waals surface area contributed by atoms with E-state index < -0.39 is 0 Å². The van der Waals surface area contributed by atoms with Gasteiger partial charge in [0.1, 0.15) is 0 Å². The fraction of sp³-hybridized carbons (Fsp3) is 0.0204. The van der Waals surface area contributed by atoms with Crippen LogP contribution in [0.25, 0.3) is 99.8 Å². The van der Waals surface area contributed by atoms with Crippen LogP contribution in [0, 0.1) is 0 Å². The SMILES string of the molecule is c1ccc(-c2ccc(-c3nc(-c4ccc(-c5c6ccccc6nc6c5ccc5ccc(-c7ccc8c(c7)C8)nc56)cc4)nc4ccccc34)cc2)cc1. The van der Waals surface area contributed by atoms with Crippen LogP contribution >= 0.6 is 0 Å². The minimum Gasteiger partial charge on any atom is -0.245 e. The Labute approximate surface area is 306 Å². The highest BCUT2D eigenvalue weighted by Crippen LogP contribution is 2.39. The lowest BCUT2D eigenvalue weighted by Gasteiger charge is -2.14. The minimum atomic E-state index is 0.699. The number of para-hydroxylation sites is 2. The van der Waals surface area contributed by atoms with Crippen molar-refractivity contribution in [2.75, 3.05) is 0 Å².